The Bertz CT molecular complexity index is 1240. The number of nitrogens with one attached hydrogen (secondary N) is 1. The van der Waals surface area contributed by atoms with Crippen LogP contribution in [-0.2, 0) is 6.54 Å². The van der Waals surface area contributed by atoms with Crippen molar-refractivity contribution in [1.82, 2.24) is 19.7 Å². The lowest BCUT2D eigenvalue weighted by Crippen LogP contribution is -2.26. The van der Waals surface area contributed by atoms with E-state index in [2.05, 4.69) is 45.6 Å². The first kappa shape index (κ1) is 18.8. The molecule has 0 amide bonds. The van der Waals surface area contributed by atoms with Gasteiger partial charge in [-0.2, -0.15) is 5.10 Å². The van der Waals surface area contributed by atoms with Crippen molar-refractivity contribution in [2.24, 2.45) is 0 Å². The molecule has 0 unspecified atom stereocenters. The second kappa shape index (κ2) is 6.95. The number of ether oxygens (including phenoxy) is 1. The highest BCUT2D eigenvalue weighted by atomic mass is 16.5. The van der Waals surface area contributed by atoms with Gasteiger partial charge in [-0.3, -0.25) is 0 Å². The summed E-state index contributed by atoms with van der Waals surface area (Å²) in [6.07, 6.45) is 4.19. The van der Waals surface area contributed by atoms with E-state index in [4.69, 9.17) is 9.84 Å². The third-order valence-corrected chi connectivity index (χ3v) is 5.22. The van der Waals surface area contributed by atoms with Gasteiger partial charge in [-0.1, -0.05) is 18.2 Å². The molecule has 30 heavy (non-hydrogen) atoms. The van der Waals surface area contributed by atoms with Gasteiger partial charge in [0.05, 0.1) is 23.6 Å². The summed E-state index contributed by atoms with van der Waals surface area (Å²) in [7, 11) is 1.83. The number of aliphatic hydroxyl groups is 1. The Morgan fingerprint density at radius 1 is 1.13 bits per heavy atom. The van der Waals surface area contributed by atoms with Crippen molar-refractivity contribution in [2.45, 2.75) is 44.9 Å². The molecule has 2 aromatic heterocycles. The van der Waals surface area contributed by atoms with Gasteiger partial charge in [-0.25, -0.2) is 14.6 Å². The maximum Gasteiger partial charge on any atom is 0.164 e. The largest absolute Gasteiger partial charge is 0.490 e. The fourth-order valence-corrected chi connectivity index (χ4v) is 3.70. The van der Waals surface area contributed by atoms with E-state index in [1.54, 1.807) is 18.5 Å². The Balaban J connectivity index is 1.63. The van der Waals surface area contributed by atoms with E-state index in [0.717, 1.165) is 46.0 Å². The first-order chi connectivity index (χ1) is 14.4. The molecule has 5 rings (SSSR count). The number of aromatic nitrogens is 4. The average molecular weight is 403 g/mol. The summed E-state index contributed by atoms with van der Waals surface area (Å²) in [5, 5.41) is 21.4. The average Bonchev–Trinajstić information content (AvgIpc) is 3.46. The molecule has 0 saturated heterocycles. The highest BCUT2D eigenvalue weighted by molar-refractivity contribution is 6.00. The number of fused-ring (bicyclic) bond motifs is 2. The molecule has 2 aromatic carbocycles. The van der Waals surface area contributed by atoms with E-state index in [1.807, 2.05) is 13.1 Å². The van der Waals surface area contributed by atoms with Crippen LogP contribution in [0.5, 0.6) is 5.75 Å². The predicted octanol–water partition coefficient (Wildman–Crippen LogP) is 4.00. The summed E-state index contributed by atoms with van der Waals surface area (Å²) >= 11 is 0. The van der Waals surface area contributed by atoms with E-state index < -0.39 is 5.60 Å². The van der Waals surface area contributed by atoms with Crippen LogP contribution in [0.25, 0.3) is 33.1 Å². The molecule has 1 saturated carbocycles. The van der Waals surface area contributed by atoms with Crippen molar-refractivity contribution in [3.63, 3.8) is 0 Å². The summed E-state index contributed by atoms with van der Waals surface area (Å²) in [5.74, 6) is 1.63. The van der Waals surface area contributed by atoms with Gasteiger partial charge in [-0.15, -0.1) is 0 Å². The van der Waals surface area contributed by atoms with Crippen molar-refractivity contribution in [3.05, 3.63) is 42.7 Å². The van der Waals surface area contributed by atoms with Crippen molar-refractivity contribution in [1.29, 1.82) is 0 Å². The molecular formula is C23H25N5O2. The minimum absolute atomic E-state index is 0.332. The fraction of sp³-hybridized carbons (Fsp3) is 0.348. The number of hydrogen-bond donors (Lipinski definition) is 2. The van der Waals surface area contributed by atoms with Crippen molar-refractivity contribution < 1.29 is 9.84 Å². The van der Waals surface area contributed by atoms with Crippen molar-refractivity contribution in [2.75, 3.05) is 12.4 Å². The second-order valence-corrected chi connectivity index (χ2v) is 8.53. The van der Waals surface area contributed by atoms with Gasteiger partial charge in [0, 0.05) is 12.6 Å². The molecule has 0 bridgehead atoms. The van der Waals surface area contributed by atoms with Gasteiger partial charge >= 0.3 is 0 Å². The fourth-order valence-electron chi connectivity index (χ4n) is 3.70. The quantitative estimate of drug-likeness (QED) is 0.506. The predicted molar refractivity (Wildman–Crippen MR) is 118 cm³/mol. The van der Waals surface area contributed by atoms with E-state index in [-0.39, 0.29) is 0 Å². The van der Waals surface area contributed by atoms with Crippen LogP contribution in [-0.4, -0.2) is 43.6 Å². The minimum Gasteiger partial charge on any atom is -0.490 e. The normalized spacial score (nSPS) is 14.4. The minimum atomic E-state index is -0.914. The zero-order valence-corrected chi connectivity index (χ0v) is 17.4. The molecule has 2 N–H and O–H groups in total. The van der Waals surface area contributed by atoms with Crippen molar-refractivity contribution >= 4 is 27.6 Å². The summed E-state index contributed by atoms with van der Waals surface area (Å²) in [6.45, 7) is 3.86. The third-order valence-electron chi connectivity index (χ3n) is 5.22. The summed E-state index contributed by atoms with van der Waals surface area (Å²) in [4.78, 5) is 8.82. The van der Waals surface area contributed by atoms with Gasteiger partial charge in [0.15, 0.2) is 5.65 Å². The third kappa shape index (κ3) is 3.57. The van der Waals surface area contributed by atoms with Crippen LogP contribution in [0.2, 0.25) is 0 Å². The smallest absolute Gasteiger partial charge is 0.164 e. The van der Waals surface area contributed by atoms with Crippen LogP contribution < -0.4 is 10.1 Å². The lowest BCUT2D eigenvalue weighted by molar-refractivity contribution is 0.0590. The topological polar surface area (TPSA) is 85.1 Å². The number of hydrogen-bond acceptors (Lipinski definition) is 6. The SMILES string of the molecule is CNc1ncnc2c1c(-c1ccc3cc(OC4CC4)ccc3c1)nn2CC(C)(C)O. The molecular weight excluding hydrogens is 378 g/mol. The van der Waals surface area contributed by atoms with Gasteiger partial charge < -0.3 is 15.2 Å². The van der Waals surface area contributed by atoms with Crippen LogP contribution in [0.4, 0.5) is 5.82 Å². The highest BCUT2D eigenvalue weighted by Crippen LogP contribution is 2.35. The summed E-state index contributed by atoms with van der Waals surface area (Å²) in [6, 6.07) is 12.5. The van der Waals surface area contributed by atoms with Crippen LogP contribution in [0, 0.1) is 0 Å². The lowest BCUT2D eigenvalue weighted by Gasteiger charge is -2.16. The monoisotopic (exact) mass is 403 g/mol. The summed E-state index contributed by atoms with van der Waals surface area (Å²) < 4.78 is 7.68. The molecule has 1 fully saturated rings. The molecule has 154 valence electrons. The first-order valence-electron chi connectivity index (χ1n) is 10.2. The summed E-state index contributed by atoms with van der Waals surface area (Å²) in [5.41, 5.74) is 1.55. The molecule has 2 heterocycles. The van der Waals surface area contributed by atoms with Gasteiger partial charge in [-0.05, 0) is 55.7 Å². The Morgan fingerprint density at radius 3 is 2.63 bits per heavy atom. The number of nitrogens with zero attached hydrogens (tertiary/aromatic N) is 4. The van der Waals surface area contributed by atoms with Crippen LogP contribution >= 0.6 is 0 Å². The zero-order valence-electron chi connectivity index (χ0n) is 17.4. The molecule has 0 spiro atoms. The second-order valence-electron chi connectivity index (χ2n) is 8.53. The van der Waals surface area contributed by atoms with Gasteiger partial charge in [0.25, 0.3) is 0 Å². The molecule has 0 radical (unpaired) electrons. The van der Waals surface area contributed by atoms with Gasteiger partial charge in [0.1, 0.15) is 23.6 Å². The van der Waals surface area contributed by atoms with Crippen molar-refractivity contribution in [3.8, 4) is 17.0 Å². The maximum absolute atomic E-state index is 10.3. The van der Waals surface area contributed by atoms with E-state index in [9.17, 15) is 5.11 Å². The molecule has 1 aliphatic rings. The first-order valence-corrected chi connectivity index (χ1v) is 10.2. The standard InChI is InChI=1S/C23H25N5O2/c1-23(2,29)12-28-22-19(21(24-3)25-13-26-22)20(27-28)16-5-4-15-11-18(30-17-8-9-17)7-6-14(15)10-16/h4-7,10-11,13,17,29H,8-9,12H2,1-3H3,(H,24,25,26). The van der Waals surface area contributed by atoms with E-state index >= 15 is 0 Å². The lowest BCUT2D eigenvalue weighted by atomic mass is 10.0. The van der Waals surface area contributed by atoms with Crippen LogP contribution in [0.15, 0.2) is 42.7 Å². The molecule has 7 nitrogen and oxygen atoms in total. The maximum atomic E-state index is 10.3. The number of anilines is 1. The van der Waals surface area contributed by atoms with Gasteiger partial charge in [0.2, 0.25) is 0 Å². The molecule has 7 heteroatoms. The van der Waals surface area contributed by atoms with E-state index in [1.165, 1.54) is 6.33 Å². The molecule has 0 aliphatic heterocycles. The number of benzene rings is 2. The van der Waals surface area contributed by atoms with Crippen LogP contribution in [0.1, 0.15) is 26.7 Å². The Labute approximate surface area is 174 Å². The zero-order chi connectivity index (χ0) is 20.9. The molecule has 4 aromatic rings. The Hall–Kier alpha value is -3.19. The Kier molecular flexibility index (Phi) is 4.36. The van der Waals surface area contributed by atoms with E-state index in [0.29, 0.717) is 24.1 Å². The number of rotatable bonds is 6. The molecule has 1 aliphatic carbocycles. The highest BCUT2D eigenvalue weighted by Gasteiger charge is 2.24. The van der Waals surface area contributed by atoms with Crippen LogP contribution in [0.3, 0.4) is 0 Å². The molecule has 0 atom stereocenters. The Morgan fingerprint density at radius 2 is 1.90 bits per heavy atom.